The van der Waals surface area contributed by atoms with Crippen LogP contribution in [0, 0.1) is 0 Å². The summed E-state index contributed by atoms with van der Waals surface area (Å²) in [6, 6.07) is -0.950. The summed E-state index contributed by atoms with van der Waals surface area (Å²) >= 11 is 0. The first kappa shape index (κ1) is 59.7. The average Bonchev–Trinajstić information content (AvgIpc) is 3.28. The number of aliphatic hydroxyl groups is 6. The second-order valence-corrected chi connectivity index (χ2v) is 19.2. The Morgan fingerprint density at radius 1 is 0.524 bits per heavy atom. The summed E-state index contributed by atoms with van der Waals surface area (Å²) in [6.07, 6.45) is 44.8. The number of amides is 1. The van der Waals surface area contributed by atoms with Gasteiger partial charge >= 0.3 is 0 Å². The second kappa shape index (κ2) is 43.3. The molecule has 1 amide bonds. The highest BCUT2D eigenvalue weighted by Gasteiger charge is 2.42. The molecule has 1 fully saturated rings. The zero-order valence-electron chi connectivity index (χ0n) is 41.0. The van der Waals surface area contributed by atoms with Crippen LogP contribution in [0.5, 0.6) is 0 Å². The predicted octanol–water partition coefficient (Wildman–Crippen LogP) is 12.0. The van der Waals surface area contributed by atoms with Crippen molar-refractivity contribution in [1.29, 1.82) is 0 Å². The molecule has 9 nitrogen and oxygen atoms in total. The van der Waals surface area contributed by atoms with Crippen molar-refractivity contribution in [3.05, 3.63) is 24.3 Å². The third kappa shape index (κ3) is 32.9. The van der Waals surface area contributed by atoms with Crippen LogP contribution in [-0.4, -0.2) is 91.9 Å². The number of nitrogens with one attached hydrogen (secondary N) is 1. The zero-order valence-corrected chi connectivity index (χ0v) is 41.0. The molecule has 8 atom stereocenters. The number of ether oxygens (including phenoxy) is 1. The fourth-order valence-electron chi connectivity index (χ4n) is 8.93. The number of rotatable bonds is 45. The molecular weight excluding hydrogens is 791 g/mol. The average molecular weight is 894 g/mol. The van der Waals surface area contributed by atoms with E-state index in [9.17, 15) is 35.4 Å². The van der Waals surface area contributed by atoms with Crippen molar-refractivity contribution in [2.75, 3.05) is 6.61 Å². The lowest BCUT2D eigenvalue weighted by molar-refractivity contribution is -0.216. The van der Waals surface area contributed by atoms with Gasteiger partial charge < -0.3 is 40.7 Å². The number of aliphatic hydroxyl groups excluding tert-OH is 6. The van der Waals surface area contributed by atoms with Crippen LogP contribution in [0.15, 0.2) is 24.3 Å². The Kier molecular flexibility index (Phi) is 41.0. The summed E-state index contributed by atoms with van der Waals surface area (Å²) in [6.45, 7) is 3.98. The lowest BCUT2D eigenvalue weighted by Gasteiger charge is -2.39. The van der Waals surface area contributed by atoms with Gasteiger partial charge in [-0.05, 0) is 38.5 Å². The van der Waals surface area contributed by atoms with Crippen LogP contribution in [0.25, 0.3) is 0 Å². The van der Waals surface area contributed by atoms with E-state index in [0.717, 1.165) is 51.4 Å². The molecule has 1 heterocycles. The van der Waals surface area contributed by atoms with Gasteiger partial charge in [-0.1, -0.05) is 237 Å². The van der Waals surface area contributed by atoms with Gasteiger partial charge in [-0.15, -0.1) is 0 Å². The first-order valence-corrected chi connectivity index (χ1v) is 27.1. The summed E-state index contributed by atoms with van der Waals surface area (Å²) in [5, 5.41) is 65.6. The molecule has 9 heteroatoms. The molecule has 1 saturated heterocycles. The lowest BCUT2D eigenvalue weighted by atomic mass is 9.93. The topological polar surface area (TPSA) is 160 Å². The molecule has 63 heavy (non-hydrogen) atoms. The van der Waals surface area contributed by atoms with Crippen molar-refractivity contribution < 1.29 is 40.2 Å². The van der Waals surface area contributed by atoms with Crippen LogP contribution in [0.1, 0.15) is 258 Å². The molecule has 0 aromatic carbocycles. The molecule has 0 aromatic heterocycles. The normalized spacial score (nSPS) is 20.8. The molecule has 1 aliphatic heterocycles. The summed E-state index contributed by atoms with van der Waals surface area (Å²) in [5.41, 5.74) is 0. The van der Waals surface area contributed by atoms with Gasteiger partial charge in [0.05, 0.1) is 18.8 Å². The minimum atomic E-state index is -1.53. The van der Waals surface area contributed by atoms with Crippen LogP contribution in [-0.2, 0) is 9.53 Å². The van der Waals surface area contributed by atoms with Crippen molar-refractivity contribution >= 4 is 5.91 Å². The minimum absolute atomic E-state index is 0.232. The Morgan fingerprint density at radius 3 is 1.32 bits per heavy atom. The van der Waals surface area contributed by atoms with Crippen molar-refractivity contribution in [1.82, 2.24) is 5.32 Å². The van der Waals surface area contributed by atoms with E-state index in [-0.39, 0.29) is 5.91 Å². The van der Waals surface area contributed by atoms with Crippen molar-refractivity contribution in [3.63, 3.8) is 0 Å². The maximum Gasteiger partial charge on any atom is 0.220 e. The molecule has 0 aliphatic carbocycles. The van der Waals surface area contributed by atoms with E-state index in [1.54, 1.807) is 0 Å². The highest BCUT2D eigenvalue weighted by Crippen LogP contribution is 2.23. The van der Waals surface area contributed by atoms with Gasteiger partial charge in [-0.2, -0.15) is 0 Å². The summed E-state index contributed by atoms with van der Waals surface area (Å²) in [7, 11) is 0. The van der Waals surface area contributed by atoms with E-state index in [1.165, 1.54) is 192 Å². The third-order valence-electron chi connectivity index (χ3n) is 13.3. The van der Waals surface area contributed by atoms with Crippen LogP contribution < -0.4 is 5.32 Å². The Labute approximate surface area is 387 Å². The Balaban J connectivity index is 2.27. The number of hydrogen-bond donors (Lipinski definition) is 7. The first-order chi connectivity index (χ1) is 30.8. The van der Waals surface area contributed by atoms with E-state index in [0.29, 0.717) is 12.8 Å². The highest BCUT2D eigenvalue weighted by molar-refractivity contribution is 5.76. The van der Waals surface area contributed by atoms with Gasteiger partial charge in [-0.3, -0.25) is 4.79 Å². The summed E-state index contributed by atoms with van der Waals surface area (Å²) in [4.78, 5) is 13.1. The molecule has 0 saturated carbocycles. The molecule has 1 aliphatic rings. The van der Waals surface area contributed by atoms with Crippen molar-refractivity contribution in [3.8, 4) is 0 Å². The number of carbonyl (C=O) groups is 1. The van der Waals surface area contributed by atoms with E-state index in [1.807, 2.05) is 0 Å². The third-order valence-corrected chi connectivity index (χ3v) is 13.3. The van der Waals surface area contributed by atoms with Crippen LogP contribution >= 0.6 is 0 Å². The van der Waals surface area contributed by atoms with Gasteiger partial charge in [0.2, 0.25) is 5.91 Å². The zero-order chi connectivity index (χ0) is 46.0. The largest absolute Gasteiger partial charge is 0.394 e. The molecule has 0 bridgehead atoms. The quantitative estimate of drug-likeness (QED) is 0.0235. The van der Waals surface area contributed by atoms with Crippen LogP contribution in [0.4, 0.5) is 0 Å². The minimum Gasteiger partial charge on any atom is -0.394 e. The van der Waals surface area contributed by atoms with Crippen LogP contribution in [0.3, 0.4) is 0 Å². The molecule has 0 aromatic rings. The Hall–Kier alpha value is -1.33. The molecule has 0 radical (unpaired) electrons. The lowest BCUT2D eigenvalue weighted by Crippen LogP contribution is -2.58. The SMILES string of the molecule is CCCCCCCCCCCCCCCCCC/C=C/CCCCCCCCC(=O)N[C@@H](/C=C/[C@H]1OC(CO)[C@H](O)C(O)[C@@H]1O)[C@H](O)[C@H](O)CCCCCCCCCCCCCC. The Bertz CT molecular complexity index is 1050. The fraction of sp³-hybridized carbons (Fsp3) is 0.907. The maximum absolute atomic E-state index is 13.1. The van der Waals surface area contributed by atoms with Gasteiger partial charge in [0.15, 0.2) is 0 Å². The van der Waals surface area contributed by atoms with E-state index >= 15 is 0 Å². The van der Waals surface area contributed by atoms with Crippen LogP contribution in [0.2, 0.25) is 0 Å². The van der Waals surface area contributed by atoms with E-state index in [4.69, 9.17) is 4.74 Å². The highest BCUT2D eigenvalue weighted by atomic mass is 16.5. The van der Waals surface area contributed by atoms with Gasteiger partial charge in [0.25, 0.3) is 0 Å². The summed E-state index contributed by atoms with van der Waals surface area (Å²) < 4.78 is 5.60. The van der Waals surface area contributed by atoms with E-state index in [2.05, 4.69) is 31.3 Å². The van der Waals surface area contributed by atoms with Crippen molar-refractivity contribution in [2.45, 2.75) is 307 Å². The maximum atomic E-state index is 13.1. The van der Waals surface area contributed by atoms with Crippen molar-refractivity contribution in [2.24, 2.45) is 0 Å². The smallest absolute Gasteiger partial charge is 0.220 e. The number of allylic oxidation sites excluding steroid dienone is 2. The van der Waals surface area contributed by atoms with Gasteiger partial charge in [-0.25, -0.2) is 0 Å². The molecule has 1 rings (SSSR count). The predicted molar refractivity (Wildman–Crippen MR) is 263 cm³/mol. The van der Waals surface area contributed by atoms with E-state index < -0.39 is 55.4 Å². The van der Waals surface area contributed by atoms with Gasteiger partial charge in [0, 0.05) is 6.42 Å². The van der Waals surface area contributed by atoms with Gasteiger partial charge in [0.1, 0.15) is 36.6 Å². The monoisotopic (exact) mass is 894 g/mol. The molecule has 372 valence electrons. The number of carbonyl (C=O) groups excluding carboxylic acids is 1. The molecule has 0 spiro atoms. The summed E-state index contributed by atoms with van der Waals surface area (Å²) in [5.74, 6) is -0.232. The molecular formula is C54H103NO8. The first-order valence-electron chi connectivity index (χ1n) is 27.1. The number of unbranched alkanes of at least 4 members (excludes halogenated alkanes) is 33. The second-order valence-electron chi connectivity index (χ2n) is 19.2. The standard InChI is InChI=1S/C54H103NO8/c1-3-5-7-9-11-13-15-17-18-19-20-21-22-23-24-25-26-27-28-29-30-32-34-36-38-40-42-50(58)55-46(43-44-48-52(60)54(62)53(61)49(45-56)63-48)51(59)47(57)41-39-37-35-33-31-16-14-12-10-8-6-4-2/h27-28,43-44,46-49,51-54,56-57,59-62H,3-26,29-42,45H2,1-2H3,(H,55,58)/b28-27+,44-43+/t46-,47+,48+,49?,51-,52+,53-,54?/m0/s1. The Morgan fingerprint density at radius 2 is 0.905 bits per heavy atom. The number of hydrogen-bond acceptors (Lipinski definition) is 8. The molecule has 2 unspecified atom stereocenters. The molecule has 7 N–H and O–H groups in total. The fourth-order valence-corrected chi connectivity index (χ4v) is 8.93.